The van der Waals surface area contributed by atoms with Crippen LogP contribution in [0, 0.1) is 6.92 Å². The van der Waals surface area contributed by atoms with Crippen LogP contribution in [0.1, 0.15) is 26.8 Å². The van der Waals surface area contributed by atoms with Crippen LogP contribution in [0.3, 0.4) is 0 Å². The quantitative estimate of drug-likeness (QED) is 0.717. The zero-order chi connectivity index (χ0) is 18.0. The lowest BCUT2D eigenvalue weighted by Crippen LogP contribution is -2.13. The molecule has 1 aromatic heterocycles. The van der Waals surface area contributed by atoms with Gasteiger partial charge in [0, 0.05) is 11.3 Å². The molecule has 124 valence electrons. The lowest BCUT2D eigenvalue weighted by atomic mass is 9.93. The molecule has 7 heteroatoms. The molecule has 0 aliphatic heterocycles. The monoisotopic (exact) mass is 354 g/mol. The standard InChI is InChI=1S/C18H13BF2N2OS/c1-10-22-15(17(20)21)16(25-10)18(24)23-14-5-3-2-4-13(14)11-6-8-12(19)9-7-11/h2-9,17H,1H3,(H,23,24). The van der Waals surface area contributed by atoms with E-state index < -0.39 is 18.0 Å². The third-order valence-electron chi connectivity index (χ3n) is 3.57. The predicted molar refractivity (Wildman–Crippen MR) is 97.0 cm³/mol. The van der Waals surface area contributed by atoms with Crippen molar-refractivity contribution in [1.29, 1.82) is 0 Å². The largest absolute Gasteiger partial charge is 0.321 e. The molecule has 0 fully saturated rings. The number of para-hydroxylation sites is 1. The van der Waals surface area contributed by atoms with Gasteiger partial charge in [-0.15, -0.1) is 11.3 Å². The van der Waals surface area contributed by atoms with Crippen LogP contribution in [0.25, 0.3) is 11.1 Å². The number of nitrogens with zero attached hydrogens (tertiary/aromatic N) is 1. The van der Waals surface area contributed by atoms with Gasteiger partial charge in [0.1, 0.15) is 18.4 Å². The van der Waals surface area contributed by atoms with E-state index in [-0.39, 0.29) is 4.88 Å². The van der Waals surface area contributed by atoms with Crippen molar-refractivity contribution in [3.63, 3.8) is 0 Å². The van der Waals surface area contributed by atoms with E-state index in [2.05, 4.69) is 10.3 Å². The van der Waals surface area contributed by atoms with Crippen LogP contribution in [-0.2, 0) is 0 Å². The molecule has 3 aromatic rings. The molecule has 0 saturated heterocycles. The molecular formula is C18H13BF2N2OS. The fourth-order valence-corrected chi connectivity index (χ4v) is 3.26. The van der Waals surface area contributed by atoms with Crippen LogP contribution in [0.2, 0.25) is 0 Å². The first kappa shape index (κ1) is 17.3. The summed E-state index contributed by atoms with van der Waals surface area (Å²) in [6.07, 6.45) is -2.79. The maximum atomic E-state index is 13.1. The highest BCUT2D eigenvalue weighted by atomic mass is 32.1. The summed E-state index contributed by atoms with van der Waals surface area (Å²) in [4.78, 5) is 16.2. The Balaban J connectivity index is 1.94. The molecule has 25 heavy (non-hydrogen) atoms. The normalized spacial score (nSPS) is 10.9. The Morgan fingerprint density at radius 1 is 1.16 bits per heavy atom. The van der Waals surface area contributed by atoms with E-state index >= 15 is 0 Å². The molecule has 2 aromatic carbocycles. The fraction of sp³-hybridized carbons (Fsp3) is 0.111. The first-order valence-electron chi connectivity index (χ1n) is 7.47. The van der Waals surface area contributed by atoms with Crippen molar-refractivity contribution in [2.75, 3.05) is 5.32 Å². The molecule has 2 radical (unpaired) electrons. The molecule has 3 nitrogen and oxygen atoms in total. The van der Waals surface area contributed by atoms with E-state index in [0.717, 1.165) is 22.5 Å². The number of thiazole rings is 1. The van der Waals surface area contributed by atoms with Crippen LogP contribution < -0.4 is 10.8 Å². The third-order valence-corrected chi connectivity index (χ3v) is 4.56. The van der Waals surface area contributed by atoms with Crippen molar-refractivity contribution in [2.45, 2.75) is 13.3 Å². The molecule has 0 atom stereocenters. The van der Waals surface area contributed by atoms with Gasteiger partial charge < -0.3 is 5.32 Å². The van der Waals surface area contributed by atoms with Gasteiger partial charge in [-0.3, -0.25) is 4.79 Å². The highest BCUT2D eigenvalue weighted by molar-refractivity contribution is 7.13. The number of carbonyl (C=O) groups is 1. The minimum atomic E-state index is -2.79. The van der Waals surface area contributed by atoms with Crippen molar-refractivity contribution >= 4 is 36.2 Å². The summed E-state index contributed by atoms with van der Waals surface area (Å²) in [5.74, 6) is -0.594. The molecular weight excluding hydrogens is 341 g/mol. The van der Waals surface area contributed by atoms with E-state index in [1.807, 2.05) is 24.3 Å². The van der Waals surface area contributed by atoms with Gasteiger partial charge in [-0.25, -0.2) is 13.8 Å². The second-order valence-corrected chi connectivity index (χ2v) is 6.57. The summed E-state index contributed by atoms with van der Waals surface area (Å²) in [7, 11) is 5.70. The number of nitrogens with one attached hydrogen (secondary N) is 1. The Kier molecular flexibility index (Phi) is 4.94. The van der Waals surface area contributed by atoms with Gasteiger partial charge in [0.2, 0.25) is 0 Å². The topological polar surface area (TPSA) is 42.0 Å². The first-order chi connectivity index (χ1) is 12.0. The molecule has 0 bridgehead atoms. The second-order valence-electron chi connectivity index (χ2n) is 5.37. The zero-order valence-electron chi connectivity index (χ0n) is 13.3. The van der Waals surface area contributed by atoms with Crippen molar-refractivity contribution in [2.24, 2.45) is 0 Å². The molecule has 0 saturated carbocycles. The lowest BCUT2D eigenvalue weighted by Gasteiger charge is -2.11. The van der Waals surface area contributed by atoms with E-state index in [1.165, 1.54) is 0 Å². The first-order valence-corrected chi connectivity index (χ1v) is 8.29. The molecule has 0 spiro atoms. The summed E-state index contributed by atoms with van der Waals surface area (Å²) in [6, 6.07) is 14.4. The van der Waals surface area contributed by atoms with E-state index in [4.69, 9.17) is 7.85 Å². The Labute approximate surface area is 149 Å². The number of alkyl halides is 2. The molecule has 0 unspecified atom stereocenters. The van der Waals surface area contributed by atoms with Gasteiger partial charge in [0.15, 0.2) is 0 Å². The molecule has 1 N–H and O–H groups in total. The molecule has 1 amide bonds. The van der Waals surface area contributed by atoms with Crippen molar-refractivity contribution in [3.05, 3.63) is 64.1 Å². The Morgan fingerprint density at radius 2 is 1.84 bits per heavy atom. The summed E-state index contributed by atoms with van der Waals surface area (Å²) < 4.78 is 26.1. The van der Waals surface area contributed by atoms with Gasteiger partial charge >= 0.3 is 0 Å². The Morgan fingerprint density at radius 3 is 2.52 bits per heavy atom. The van der Waals surface area contributed by atoms with Gasteiger partial charge in [0.25, 0.3) is 12.3 Å². The summed E-state index contributed by atoms with van der Waals surface area (Å²) in [5.41, 5.74) is 2.32. The van der Waals surface area contributed by atoms with Gasteiger partial charge in [0.05, 0.1) is 5.01 Å². The minimum absolute atomic E-state index is 0.0698. The zero-order valence-corrected chi connectivity index (χ0v) is 14.1. The molecule has 0 aliphatic carbocycles. The van der Waals surface area contributed by atoms with Crippen LogP contribution in [-0.4, -0.2) is 18.7 Å². The molecule has 0 aliphatic rings. The van der Waals surface area contributed by atoms with Gasteiger partial charge in [-0.05, 0) is 18.6 Å². The predicted octanol–water partition coefficient (Wildman–Crippen LogP) is 4.10. The molecule has 1 heterocycles. The maximum absolute atomic E-state index is 13.1. The number of benzene rings is 2. The maximum Gasteiger partial charge on any atom is 0.282 e. The highest BCUT2D eigenvalue weighted by Gasteiger charge is 2.24. The van der Waals surface area contributed by atoms with Gasteiger partial charge in [-0.1, -0.05) is 47.9 Å². The van der Waals surface area contributed by atoms with E-state index in [0.29, 0.717) is 16.2 Å². The lowest BCUT2D eigenvalue weighted by molar-refractivity contribution is 0.101. The summed E-state index contributed by atoms with van der Waals surface area (Å²) in [5, 5.41) is 3.14. The van der Waals surface area contributed by atoms with Crippen molar-refractivity contribution in [1.82, 2.24) is 4.98 Å². The number of amides is 1. The number of carbonyl (C=O) groups excluding carboxylic acids is 1. The number of hydrogen-bond acceptors (Lipinski definition) is 3. The average molecular weight is 354 g/mol. The number of rotatable bonds is 4. The Hall–Kier alpha value is -2.54. The fourth-order valence-electron chi connectivity index (χ4n) is 2.44. The number of aromatic nitrogens is 1. The Bertz CT molecular complexity index is 910. The summed E-state index contributed by atoms with van der Waals surface area (Å²) in [6.45, 7) is 1.59. The average Bonchev–Trinajstić information content (AvgIpc) is 2.99. The van der Waals surface area contributed by atoms with Crippen LogP contribution in [0.5, 0.6) is 0 Å². The summed E-state index contributed by atoms with van der Waals surface area (Å²) >= 11 is 0.954. The van der Waals surface area contributed by atoms with Crippen molar-refractivity contribution in [3.8, 4) is 11.1 Å². The number of halogens is 2. The highest BCUT2D eigenvalue weighted by Crippen LogP contribution is 2.31. The minimum Gasteiger partial charge on any atom is -0.321 e. The number of hydrogen-bond donors (Lipinski definition) is 1. The van der Waals surface area contributed by atoms with Crippen molar-refractivity contribution < 1.29 is 13.6 Å². The number of aryl methyl sites for hydroxylation is 1. The van der Waals surface area contributed by atoms with Crippen LogP contribution in [0.15, 0.2) is 48.5 Å². The second kappa shape index (κ2) is 7.15. The van der Waals surface area contributed by atoms with E-state index in [9.17, 15) is 13.6 Å². The van der Waals surface area contributed by atoms with Gasteiger partial charge in [-0.2, -0.15) is 0 Å². The smallest absolute Gasteiger partial charge is 0.282 e. The number of anilines is 1. The third kappa shape index (κ3) is 3.77. The van der Waals surface area contributed by atoms with Crippen LogP contribution in [0.4, 0.5) is 14.5 Å². The van der Waals surface area contributed by atoms with E-state index in [1.54, 1.807) is 31.2 Å². The van der Waals surface area contributed by atoms with Crippen LogP contribution >= 0.6 is 11.3 Å². The molecule has 3 rings (SSSR count). The SMILES string of the molecule is [B]c1ccc(-c2ccccc2NC(=O)c2sc(C)nc2C(F)F)cc1.